The van der Waals surface area contributed by atoms with E-state index in [1.54, 1.807) is 0 Å². The maximum atomic E-state index is 12.1. The predicted molar refractivity (Wildman–Crippen MR) is 29.4 cm³/mol. The van der Waals surface area contributed by atoms with Crippen molar-refractivity contribution in [3.63, 3.8) is 0 Å². The Balaban J connectivity index is 2.58. The summed E-state index contributed by atoms with van der Waals surface area (Å²) in [6, 6.07) is 0. The van der Waals surface area contributed by atoms with Gasteiger partial charge in [-0.25, -0.2) is 4.39 Å². The number of aliphatic hydroxyl groups is 1. The predicted octanol–water partition coefficient (Wildman–Crippen LogP) is 1.73. The molecular formula is C6H7FO. The third-order valence-corrected chi connectivity index (χ3v) is 1.03. The Bertz CT molecular complexity index is 137. The number of alkyl halides is 1. The fourth-order valence-corrected chi connectivity index (χ4v) is 0.583. The summed E-state index contributed by atoms with van der Waals surface area (Å²) in [5.74, 6) is 0.166. The molecule has 0 aromatic carbocycles. The smallest absolute Gasteiger partial charge is 0.122 e. The summed E-state index contributed by atoms with van der Waals surface area (Å²) >= 11 is 0. The molecule has 0 bridgehead atoms. The van der Waals surface area contributed by atoms with Gasteiger partial charge in [0, 0.05) is 6.42 Å². The van der Waals surface area contributed by atoms with Gasteiger partial charge < -0.3 is 5.11 Å². The van der Waals surface area contributed by atoms with E-state index in [0.717, 1.165) is 0 Å². The van der Waals surface area contributed by atoms with Gasteiger partial charge >= 0.3 is 0 Å². The van der Waals surface area contributed by atoms with Crippen molar-refractivity contribution >= 4 is 0 Å². The molecule has 0 radical (unpaired) electrons. The van der Waals surface area contributed by atoms with Gasteiger partial charge in [-0.05, 0) is 18.2 Å². The Hall–Kier alpha value is -0.790. The molecule has 44 valence electrons. The van der Waals surface area contributed by atoms with Gasteiger partial charge in [-0.15, -0.1) is 0 Å². The molecule has 0 aromatic heterocycles. The second-order valence-corrected chi connectivity index (χ2v) is 1.74. The SMILES string of the molecule is OC1=CCC(F)C=C1. The van der Waals surface area contributed by atoms with E-state index in [9.17, 15) is 4.39 Å². The number of halogens is 1. The van der Waals surface area contributed by atoms with E-state index in [2.05, 4.69) is 0 Å². The fraction of sp³-hybridized carbons (Fsp3) is 0.333. The summed E-state index contributed by atoms with van der Waals surface area (Å²) in [7, 11) is 0. The molecule has 0 spiro atoms. The number of allylic oxidation sites excluding steroid dienone is 3. The zero-order chi connectivity index (χ0) is 5.98. The van der Waals surface area contributed by atoms with E-state index in [1.165, 1.54) is 18.2 Å². The second-order valence-electron chi connectivity index (χ2n) is 1.74. The first-order chi connectivity index (χ1) is 3.79. The molecule has 0 aliphatic heterocycles. The van der Waals surface area contributed by atoms with Crippen LogP contribution in [0, 0.1) is 0 Å². The molecule has 1 nitrogen and oxygen atoms in total. The van der Waals surface area contributed by atoms with Crippen molar-refractivity contribution < 1.29 is 9.50 Å². The summed E-state index contributed by atoms with van der Waals surface area (Å²) in [4.78, 5) is 0. The summed E-state index contributed by atoms with van der Waals surface area (Å²) in [5, 5.41) is 8.63. The Morgan fingerprint density at radius 2 is 2.50 bits per heavy atom. The largest absolute Gasteiger partial charge is 0.508 e. The summed E-state index contributed by atoms with van der Waals surface area (Å²) in [6.07, 6.45) is 3.59. The lowest BCUT2D eigenvalue weighted by Gasteiger charge is -2.02. The highest BCUT2D eigenvalue weighted by atomic mass is 19.1. The van der Waals surface area contributed by atoms with Crippen LogP contribution in [-0.2, 0) is 0 Å². The van der Waals surface area contributed by atoms with Crippen molar-refractivity contribution in [2.24, 2.45) is 0 Å². The van der Waals surface area contributed by atoms with Crippen molar-refractivity contribution in [1.29, 1.82) is 0 Å². The van der Waals surface area contributed by atoms with E-state index in [4.69, 9.17) is 5.11 Å². The van der Waals surface area contributed by atoms with Gasteiger partial charge in [-0.1, -0.05) is 0 Å². The number of hydrogen-bond acceptors (Lipinski definition) is 1. The highest BCUT2D eigenvalue weighted by molar-refractivity contribution is 5.17. The number of aliphatic hydroxyl groups excluding tert-OH is 1. The first kappa shape index (κ1) is 5.35. The molecular weight excluding hydrogens is 107 g/mol. The zero-order valence-electron chi connectivity index (χ0n) is 4.34. The van der Waals surface area contributed by atoms with Crippen LogP contribution >= 0.6 is 0 Å². The van der Waals surface area contributed by atoms with Crippen molar-refractivity contribution in [1.82, 2.24) is 0 Å². The van der Waals surface area contributed by atoms with E-state index >= 15 is 0 Å². The lowest BCUT2D eigenvalue weighted by molar-refractivity contribution is 0.375. The Morgan fingerprint density at radius 1 is 1.75 bits per heavy atom. The van der Waals surface area contributed by atoms with E-state index < -0.39 is 6.17 Å². The molecule has 0 amide bonds. The van der Waals surface area contributed by atoms with Crippen LogP contribution in [0.3, 0.4) is 0 Å². The topological polar surface area (TPSA) is 20.2 Å². The maximum absolute atomic E-state index is 12.1. The monoisotopic (exact) mass is 114 g/mol. The van der Waals surface area contributed by atoms with Gasteiger partial charge in [0.15, 0.2) is 0 Å². The summed E-state index contributed by atoms with van der Waals surface area (Å²) in [6.45, 7) is 0. The third kappa shape index (κ3) is 1.09. The second kappa shape index (κ2) is 1.99. The molecule has 1 rings (SSSR count). The van der Waals surface area contributed by atoms with Crippen LogP contribution in [0.4, 0.5) is 4.39 Å². The van der Waals surface area contributed by atoms with Crippen LogP contribution in [0.2, 0.25) is 0 Å². The van der Waals surface area contributed by atoms with Crippen LogP contribution in [0.1, 0.15) is 6.42 Å². The van der Waals surface area contributed by atoms with E-state index in [-0.39, 0.29) is 5.76 Å². The van der Waals surface area contributed by atoms with Crippen LogP contribution in [0.15, 0.2) is 24.0 Å². The molecule has 0 saturated heterocycles. The third-order valence-electron chi connectivity index (χ3n) is 1.03. The average Bonchev–Trinajstić information content (AvgIpc) is 1.77. The Morgan fingerprint density at radius 3 is 2.88 bits per heavy atom. The minimum absolute atomic E-state index is 0.166. The molecule has 1 unspecified atom stereocenters. The highest BCUT2D eigenvalue weighted by Crippen LogP contribution is 2.09. The molecule has 1 aliphatic carbocycles. The first-order valence-electron chi connectivity index (χ1n) is 2.50. The van der Waals surface area contributed by atoms with Crippen molar-refractivity contribution in [3.05, 3.63) is 24.0 Å². The fourth-order valence-electron chi connectivity index (χ4n) is 0.583. The van der Waals surface area contributed by atoms with E-state index in [1.807, 2.05) is 0 Å². The normalized spacial score (nSPS) is 27.6. The van der Waals surface area contributed by atoms with Gasteiger partial charge in [0.05, 0.1) is 0 Å². The van der Waals surface area contributed by atoms with Gasteiger partial charge in [0.2, 0.25) is 0 Å². The molecule has 2 heteroatoms. The number of hydrogen-bond donors (Lipinski definition) is 1. The lowest BCUT2D eigenvalue weighted by atomic mass is 10.1. The van der Waals surface area contributed by atoms with Gasteiger partial charge in [-0.3, -0.25) is 0 Å². The minimum Gasteiger partial charge on any atom is -0.508 e. The highest BCUT2D eigenvalue weighted by Gasteiger charge is 2.03. The van der Waals surface area contributed by atoms with Crippen LogP contribution in [0.25, 0.3) is 0 Å². The van der Waals surface area contributed by atoms with Crippen molar-refractivity contribution in [2.75, 3.05) is 0 Å². The molecule has 8 heavy (non-hydrogen) atoms. The van der Waals surface area contributed by atoms with Crippen LogP contribution in [-0.4, -0.2) is 11.3 Å². The van der Waals surface area contributed by atoms with Gasteiger partial charge in [0.25, 0.3) is 0 Å². The molecule has 0 heterocycles. The molecule has 1 atom stereocenters. The van der Waals surface area contributed by atoms with Crippen molar-refractivity contribution in [2.45, 2.75) is 12.6 Å². The number of rotatable bonds is 0. The standard InChI is InChI=1S/C6H7FO/c7-5-1-3-6(8)4-2-5/h1,3-5,8H,2H2. The van der Waals surface area contributed by atoms with Gasteiger partial charge in [0.1, 0.15) is 11.9 Å². The zero-order valence-corrected chi connectivity index (χ0v) is 4.34. The summed E-state index contributed by atoms with van der Waals surface area (Å²) < 4.78 is 12.1. The lowest BCUT2D eigenvalue weighted by Crippen LogP contribution is -1.97. The molecule has 0 fully saturated rings. The molecule has 1 aliphatic rings. The van der Waals surface area contributed by atoms with Crippen LogP contribution < -0.4 is 0 Å². The van der Waals surface area contributed by atoms with Crippen LogP contribution in [0.5, 0.6) is 0 Å². The minimum atomic E-state index is -0.897. The van der Waals surface area contributed by atoms with Gasteiger partial charge in [-0.2, -0.15) is 0 Å². The molecule has 0 aromatic rings. The first-order valence-corrected chi connectivity index (χ1v) is 2.50. The molecule has 0 saturated carbocycles. The maximum Gasteiger partial charge on any atom is 0.122 e. The quantitative estimate of drug-likeness (QED) is 0.508. The van der Waals surface area contributed by atoms with E-state index in [0.29, 0.717) is 6.42 Å². The molecule has 1 N–H and O–H groups in total. The summed E-state index contributed by atoms with van der Waals surface area (Å²) in [5.41, 5.74) is 0. The Labute approximate surface area is 47.1 Å². The van der Waals surface area contributed by atoms with Crippen molar-refractivity contribution in [3.8, 4) is 0 Å². The average molecular weight is 114 g/mol. The Kier molecular flexibility index (Phi) is 1.33.